The van der Waals surface area contributed by atoms with E-state index < -0.39 is 0 Å². The number of piperazine rings is 1. The van der Waals surface area contributed by atoms with Gasteiger partial charge in [0.2, 0.25) is 0 Å². The second kappa shape index (κ2) is 7.43. The lowest BCUT2D eigenvalue weighted by Crippen LogP contribution is -2.63. The van der Waals surface area contributed by atoms with Crippen molar-refractivity contribution in [2.45, 2.75) is 70.9 Å². The zero-order chi connectivity index (χ0) is 15.5. The van der Waals surface area contributed by atoms with Crippen LogP contribution in [0.5, 0.6) is 0 Å². The Morgan fingerprint density at radius 3 is 2.67 bits per heavy atom. The van der Waals surface area contributed by atoms with Gasteiger partial charge in [-0.3, -0.25) is 4.90 Å². The van der Waals surface area contributed by atoms with Crippen LogP contribution >= 0.6 is 0 Å². The van der Waals surface area contributed by atoms with Gasteiger partial charge < -0.3 is 10.6 Å². The van der Waals surface area contributed by atoms with Crippen molar-refractivity contribution < 1.29 is 0 Å². The summed E-state index contributed by atoms with van der Waals surface area (Å²) in [4.78, 5) is 5.31. The first-order chi connectivity index (χ1) is 10.0. The van der Waals surface area contributed by atoms with Crippen LogP contribution in [0.15, 0.2) is 0 Å². The summed E-state index contributed by atoms with van der Waals surface area (Å²) in [6.07, 6.45) is 8.08. The van der Waals surface area contributed by atoms with Crippen molar-refractivity contribution in [2.75, 3.05) is 33.2 Å². The predicted molar refractivity (Wildman–Crippen MR) is 91.5 cm³/mol. The van der Waals surface area contributed by atoms with Crippen LogP contribution in [0.2, 0.25) is 0 Å². The van der Waals surface area contributed by atoms with Gasteiger partial charge >= 0.3 is 0 Å². The number of hydrogen-bond acceptors (Lipinski definition) is 3. The van der Waals surface area contributed by atoms with E-state index in [2.05, 4.69) is 37.6 Å². The molecule has 1 aliphatic carbocycles. The van der Waals surface area contributed by atoms with Gasteiger partial charge in [-0.2, -0.15) is 0 Å². The largest absolute Gasteiger partial charge is 0.329 e. The highest BCUT2D eigenvalue weighted by Gasteiger charge is 2.42. The molecule has 0 amide bonds. The molecule has 1 saturated carbocycles. The molecule has 3 heteroatoms. The number of rotatable bonds is 5. The highest BCUT2D eigenvalue weighted by molar-refractivity contribution is 4.99. The third-order valence-corrected chi connectivity index (χ3v) is 6.03. The third-order valence-electron chi connectivity index (χ3n) is 6.03. The zero-order valence-corrected chi connectivity index (χ0v) is 14.8. The first kappa shape index (κ1) is 17.2. The van der Waals surface area contributed by atoms with Crippen LogP contribution in [0.3, 0.4) is 0 Å². The quantitative estimate of drug-likeness (QED) is 0.846. The van der Waals surface area contributed by atoms with E-state index in [1.165, 1.54) is 58.2 Å². The number of likely N-dealkylation sites (N-methyl/N-ethyl adjacent to an activating group) is 1. The van der Waals surface area contributed by atoms with Crippen LogP contribution in [-0.4, -0.2) is 54.6 Å². The lowest BCUT2D eigenvalue weighted by atomic mass is 9.71. The fraction of sp³-hybridized carbons (Fsp3) is 1.00. The molecule has 0 bridgehead atoms. The van der Waals surface area contributed by atoms with Gasteiger partial charge in [-0.25, -0.2) is 0 Å². The van der Waals surface area contributed by atoms with Gasteiger partial charge in [0.05, 0.1) is 0 Å². The van der Waals surface area contributed by atoms with E-state index in [0.717, 1.165) is 18.4 Å². The maximum atomic E-state index is 6.33. The smallest absolute Gasteiger partial charge is 0.0335 e. The van der Waals surface area contributed by atoms with Gasteiger partial charge in [-0.15, -0.1) is 0 Å². The molecule has 0 aromatic carbocycles. The Morgan fingerprint density at radius 2 is 2.05 bits per heavy atom. The van der Waals surface area contributed by atoms with E-state index >= 15 is 0 Å². The minimum absolute atomic E-state index is 0.298. The molecular formula is C18H37N3. The molecule has 1 aliphatic heterocycles. The van der Waals surface area contributed by atoms with Crippen molar-refractivity contribution in [3.8, 4) is 0 Å². The summed E-state index contributed by atoms with van der Waals surface area (Å²) < 4.78 is 0. The molecule has 3 atom stereocenters. The van der Waals surface area contributed by atoms with E-state index in [1.807, 2.05) is 0 Å². The summed E-state index contributed by atoms with van der Waals surface area (Å²) in [5, 5.41) is 0. The topological polar surface area (TPSA) is 32.5 Å². The molecule has 0 radical (unpaired) electrons. The summed E-state index contributed by atoms with van der Waals surface area (Å²) in [5.41, 5.74) is 6.63. The molecule has 0 aromatic heterocycles. The molecule has 1 heterocycles. The second-order valence-corrected chi connectivity index (χ2v) is 8.01. The summed E-state index contributed by atoms with van der Waals surface area (Å²) in [5.74, 6) is 1.71. The Morgan fingerprint density at radius 1 is 1.29 bits per heavy atom. The fourth-order valence-corrected chi connectivity index (χ4v) is 4.75. The molecule has 2 fully saturated rings. The Kier molecular flexibility index (Phi) is 6.10. The van der Waals surface area contributed by atoms with Gasteiger partial charge in [0.15, 0.2) is 0 Å². The van der Waals surface area contributed by atoms with Gasteiger partial charge in [-0.1, -0.05) is 33.6 Å². The van der Waals surface area contributed by atoms with Gasteiger partial charge in [0.1, 0.15) is 0 Å². The Labute approximate surface area is 132 Å². The van der Waals surface area contributed by atoms with Crippen molar-refractivity contribution in [3.63, 3.8) is 0 Å². The first-order valence-electron chi connectivity index (χ1n) is 9.16. The van der Waals surface area contributed by atoms with E-state index in [-0.39, 0.29) is 0 Å². The molecule has 3 nitrogen and oxygen atoms in total. The Balaban J connectivity index is 2.06. The molecular weight excluding hydrogens is 258 g/mol. The van der Waals surface area contributed by atoms with E-state index in [1.54, 1.807) is 0 Å². The summed E-state index contributed by atoms with van der Waals surface area (Å²) in [7, 11) is 2.28. The Hall–Kier alpha value is -0.120. The maximum absolute atomic E-state index is 6.33. The van der Waals surface area contributed by atoms with Crippen molar-refractivity contribution in [1.29, 1.82) is 0 Å². The van der Waals surface area contributed by atoms with Crippen molar-refractivity contribution in [1.82, 2.24) is 9.80 Å². The Bertz CT molecular complexity index is 318. The highest BCUT2D eigenvalue weighted by Crippen LogP contribution is 2.40. The van der Waals surface area contributed by atoms with Gasteiger partial charge in [0.25, 0.3) is 0 Å². The van der Waals surface area contributed by atoms with Crippen LogP contribution in [0.25, 0.3) is 0 Å². The normalized spacial score (nSPS) is 36.3. The molecule has 124 valence electrons. The minimum atomic E-state index is 0.298. The summed E-state index contributed by atoms with van der Waals surface area (Å²) >= 11 is 0. The van der Waals surface area contributed by atoms with E-state index in [0.29, 0.717) is 11.6 Å². The van der Waals surface area contributed by atoms with Crippen LogP contribution < -0.4 is 5.73 Å². The SMILES string of the molecule is CCC1CN(C2(CN)CCCC(CC(C)C)C2)CCN1C. The lowest BCUT2D eigenvalue weighted by molar-refractivity contribution is -0.0212. The van der Waals surface area contributed by atoms with Crippen molar-refractivity contribution in [3.05, 3.63) is 0 Å². The average Bonchev–Trinajstić information content (AvgIpc) is 2.47. The van der Waals surface area contributed by atoms with Crippen molar-refractivity contribution >= 4 is 0 Å². The molecule has 1 saturated heterocycles. The monoisotopic (exact) mass is 295 g/mol. The highest BCUT2D eigenvalue weighted by atomic mass is 15.3. The lowest BCUT2D eigenvalue weighted by Gasteiger charge is -2.53. The number of nitrogens with two attached hydrogens (primary N) is 1. The zero-order valence-electron chi connectivity index (χ0n) is 14.8. The molecule has 2 rings (SSSR count). The molecule has 0 aromatic rings. The van der Waals surface area contributed by atoms with E-state index in [9.17, 15) is 0 Å². The molecule has 2 aliphatic rings. The molecule has 3 unspecified atom stereocenters. The first-order valence-corrected chi connectivity index (χ1v) is 9.16. The van der Waals surface area contributed by atoms with Crippen LogP contribution in [0.4, 0.5) is 0 Å². The van der Waals surface area contributed by atoms with Crippen LogP contribution in [-0.2, 0) is 0 Å². The second-order valence-electron chi connectivity index (χ2n) is 8.01. The van der Waals surface area contributed by atoms with E-state index in [4.69, 9.17) is 5.73 Å². The number of hydrogen-bond donors (Lipinski definition) is 1. The van der Waals surface area contributed by atoms with Gasteiger partial charge in [-0.05, 0) is 44.6 Å². The number of nitrogens with zero attached hydrogens (tertiary/aromatic N) is 2. The molecule has 21 heavy (non-hydrogen) atoms. The average molecular weight is 296 g/mol. The van der Waals surface area contributed by atoms with Gasteiger partial charge in [0, 0.05) is 37.8 Å². The maximum Gasteiger partial charge on any atom is 0.0335 e. The van der Waals surface area contributed by atoms with Crippen LogP contribution in [0, 0.1) is 11.8 Å². The summed E-state index contributed by atoms with van der Waals surface area (Å²) in [6.45, 7) is 11.5. The summed E-state index contributed by atoms with van der Waals surface area (Å²) in [6, 6.07) is 0.715. The molecule has 2 N–H and O–H groups in total. The van der Waals surface area contributed by atoms with Crippen LogP contribution in [0.1, 0.15) is 59.3 Å². The third kappa shape index (κ3) is 4.00. The van der Waals surface area contributed by atoms with Crippen molar-refractivity contribution in [2.24, 2.45) is 17.6 Å². The predicted octanol–water partition coefficient (Wildman–Crippen LogP) is 2.95. The fourth-order valence-electron chi connectivity index (χ4n) is 4.75. The molecule has 0 spiro atoms. The standard InChI is InChI=1S/C18H37N3/c1-5-17-13-21(10-9-20(17)4)18(14-19)8-6-7-16(12-18)11-15(2)3/h15-17H,5-14,19H2,1-4H3. The minimum Gasteiger partial charge on any atom is -0.329 e.